The summed E-state index contributed by atoms with van der Waals surface area (Å²) in [6, 6.07) is 2.62. The van der Waals surface area contributed by atoms with Gasteiger partial charge in [0, 0.05) is 0 Å². The Morgan fingerprint density at radius 1 is 1.50 bits per heavy atom. The summed E-state index contributed by atoms with van der Waals surface area (Å²) in [5.41, 5.74) is 0.0162. The van der Waals surface area contributed by atoms with E-state index in [0.29, 0.717) is 6.29 Å². The molecule has 0 fully saturated rings. The van der Waals surface area contributed by atoms with Gasteiger partial charge in [0.2, 0.25) is 0 Å². The van der Waals surface area contributed by atoms with Crippen molar-refractivity contribution in [2.24, 2.45) is 0 Å². The van der Waals surface area contributed by atoms with Crippen molar-refractivity contribution in [3.8, 4) is 5.75 Å². The summed E-state index contributed by atoms with van der Waals surface area (Å²) in [5, 5.41) is 0. The van der Waals surface area contributed by atoms with E-state index >= 15 is 0 Å². The summed E-state index contributed by atoms with van der Waals surface area (Å²) >= 11 is 0. The number of carbonyl (C=O) groups is 2. The molecule has 1 rings (SSSR count). The zero-order valence-corrected chi connectivity index (χ0v) is 7.83. The predicted molar refractivity (Wildman–Crippen MR) is 48.3 cm³/mol. The van der Waals surface area contributed by atoms with E-state index in [1.165, 1.54) is 26.2 Å². The van der Waals surface area contributed by atoms with Gasteiger partial charge in [-0.3, -0.25) is 9.59 Å². The van der Waals surface area contributed by atoms with Gasteiger partial charge in [0.25, 0.3) is 0 Å². The van der Waals surface area contributed by atoms with Gasteiger partial charge in [0.05, 0.1) is 18.2 Å². The average molecular weight is 196 g/mol. The highest BCUT2D eigenvalue weighted by Crippen LogP contribution is 2.24. The third kappa shape index (κ3) is 1.64. The van der Waals surface area contributed by atoms with Gasteiger partial charge in [-0.15, -0.1) is 0 Å². The van der Waals surface area contributed by atoms with Crippen LogP contribution in [0.5, 0.6) is 5.75 Å². The standard InChI is InChI=1S/C10H9FO3/c1-6(13)8-4-3-7(5-12)10(14-2)9(8)11/h3-5H,1-2H3. The number of benzene rings is 1. The van der Waals surface area contributed by atoms with E-state index < -0.39 is 11.6 Å². The second kappa shape index (κ2) is 4.00. The number of ketones is 1. The second-order valence-electron chi connectivity index (χ2n) is 2.72. The monoisotopic (exact) mass is 196 g/mol. The summed E-state index contributed by atoms with van der Waals surface area (Å²) in [5.74, 6) is -1.38. The maximum absolute atomic E-state index is 13.5. The summed E-state index contributed by atoms with van der Waals surface area (Å²) in [6.07, 6.45) is 0.478. The SMILES string of the molecule is COc1c(C=O)ccc(C(C)=O)c1F. The minimum atomic E-state index is -0.787. The Bertz CT molecular complexity index is 385. The molecular formula is C10H9FO3. The Kier molecular flexibility index (Phi) is 2.96. The minimum absolute atomic E-state index is 0.0764. The van der Waals surface area contributed by atoms with Crippen molar-refractivity contribution >= 4 is 12.1 Å². The molecule has 0 saturated carbocycles. The van der Waals surface area contributed by atoms with Crippen molar-refractivity contribution in [1.29, 1.82) is 0 Å². The lowest BCUT2D eigenvalue weighted by Crippen LogP contribution is -2.02. The van der Waals surface area contributed by atoms with Gasteiger partial charge in [-0.25, -0.2) is 4.39 Å². The summed E-state index contributed by atoms with van der Waals surface area (Å²) < 4.78 is 18.2. The smallest absolute Gasteiger partial charge is 0.176 e. The molecule has 14 heavy (non-hydrogen) atoms. The van der Waals surface area contributed by atoms with E-state index in [-0.39, 0.29) is 16.9 Å². The van der Waals surface area contributed by atoms with Crippen molar-refractivity contribution < 1.29 is 18.7 Å². The molecule has 0 bridgehead atoms. The third-order valence-corrected chi connectivity index (χ3v) is 1.84. The van der Waals surface area contributed by atoms with Crippen LogP contribution in [0.3, 0.4) is 0 Å². The van der Waals surface area contributed by atoms with E-state index in [4.69, 9.17) is 4.74 Å². The Labute approximate surface area is 80.5 Å². The van der Waals surface area contributed by atoms with Crippen LogP contribution in [0.4, 0.5) is 4.39 Å². The molecule has 0 atom stereocenters. The van der Waals surface area contributed by atoms with Crippen LogP contribution in [0.1, 0.15) is 27.6 Å². The van der Waals surface area contributed by atoms with E-state index in [1.54, 1.807) is 0 Å². The first-order valence-corrected chi connectivity index (χ1v) is 3.94. The van der Waals surface area contributed by atoms with Gasteiger partial charge in [0.15, 0.2) is 23.6 Å². The van der Waals surface area contributed by atoms with E-state index in [2.05, 4.69) is 0 Å². The van der Waals surface area contributed by atoms with Crippen LogP contribution in [0, 0.1) is 5.82 Å². The molecule has 74 valence electrons. The van der Waals surface area contributed by atoms with Crippen LogP contribution in [0.15, 0.2) is 12.1 Å². The van der Waals surface area contributed by atoms with Gasteiger partial charge in [-0.1, -0.05) is 0 Å². The Hall–Kier alpha value is -1.71. The molecule has 3 nitrogen and oxygen atoms in total. The molecule has 0 aliphatic heterocycles. The molecule has 0 N–H and O–H groups in total. The highest BCUT2D eigenvalue weighted by atomic mass is 19.1. The second-order valence-corrected chi connectivity index (χ2v) is 2.72. The summed E-state index contributed by atoms with van der Waals surface area (Å²) in [7, 11) is 1.25. The van der Waals surface area contributed by atoms with Crippen LogP contribution in [0.25, 0.3) is 0 Å². The number of halogens is 1. The summed E-state index contributed by atoms with van der Waals surface area (Å²) in [6.45, 7) is 1.25. The highest BCUT2D eigenvalue weighted by Gasteiger charge is 2.15. The molecule has 4 heteroatoms. The van der Waals surface area contributed by atoms with E-state index in [1.807, 2.05) is 0 Å². The lowest BCUT2D eigenvalue weighted by Gasteiger charge is -2.07. The number of hydrogen-bond donors (Lipinski definition) is 0. The fraction of sp³-hybridized carbons (Fsp3) is 0.200. The van der Waals surface area contributed by atoms with Crippen LogP contribution >= 0.6 is 0 Å². The van der Waals surface area contributed by atoms with Crippen molar-refractivity contribution in [2.45, 2.75) is 6.92 Å². The van der Waals surface area contributed by atoms with Crippen LogP contribution in [-0.4, -0.2) is 19.2 Å². The van der Waals surface area contributed by atoms with E-state index in [0.717, 1.165) is 0 Å². The highest BCUT2D eigenvalue weighted by molar-refractivity contribution is 5.96. The van der Waals surface area contributed by atoms with Gasteiger partial charge >= 0.3 is 0 Å². The van der Waals surface area contributed by atoms with Crippen LogP contribution < -0.4 is 4.74 Å². The zero-order chi connectivity index (χ0) is 10.7. The number of carbonyl (C=O) groups excluding carboxylic acids is 2. The number of ether oxygens (including phenoxy) is 1. The molecule has 0 aliphatic rings. The molecule has 0 aromatic heterocycles. The normalized spacial score (nSPS) is 9.64. The first-order valence-electron chi connectivity index (χ1n) is 3.94. The van der Waals surface area contributed by atoms with Gasteiger partial charge in [-0.2, -0.15) is 0 Å². The zero-order valence-electron chi connectivity index (χ0n) is 7.83. The lowest BCUT2D eigenvalue weighted by atomic mass is 10.1. The number of Topliss-reactive ketones (excluding diaryl/α,β-unsaturated/α-hetero) is 1. The van der Waals surface area contributed by atoms with Crippen LogP contribution in [0.2, 0.25) is 0 Å². The Morgan fingerprint density at radius 2 is 2.14 bits per heavy atom. The Morgan fingerprint density at radius 3 is 2.57 bits per heavy atom. The van der Waals surface area contributed by atoms with Gasteiger partial charge in [-0.05, 0) is 19.1 Å². The molecule has 0 radical (unpaired) electrons. The minimum Gasteiger partial charge on any atom is -0.493 e. The maximum atomic E-state index is 13.5. The lowest BCUT2D eigenvalue weighted by molar-refractivity contribution is 0.101. The summed E-state index contributed by atoms with van der Waals surface area (Å²) in [4.78, 5) is 21.4. The van der Waals surface area contributed by atoms with Crippen molar-refractivity contribution in [1.82, 2.24) is 0 Å². The molecular weight excluding hydrogens is 187 g/mol. The molecule has 0 unspecified atom stereocenters. The molecule has 1 aromatic rings. The predicted octanol–water partition coefficient (Wildman–Crippen LogP) is 1.85. The molecule has 0 saturated heterocycles. The topological polar surface area (TPSA) is 43.4 Å². The van der Waals surface area contributed by atoms with Crippen molar-refractivity contribution in [2.75, 3.05) is 7.11 Å². The fourth-order valence-electron chi connectivity index (χ4n) is 1.14. The number of rotatable bonds is 3. The van der Waals surface area contributed by atoms with Crippen molar-refractivity contribution in [3.63, 3.8) is 0 Å². The number of aldehydes is 1. The Balaban J connectivity index is 3.42. The first kappa shape index (κ1) is 10.4. The van der Waals surface area contributed by atoms with Gasteiger partial charge < -0.3 is 4.74 Å². The average Bonchev–Trinajstić information content (AvgIpc) is 2.16. The number of hydrogen-bond acceptors (Lipinski definition) is 3. The molecule has 0 heterocycles. The molecule has 0 aliphatic carbocycles. The maximum Gasteiger partial charge on any atom is 0.176 e. The van der Waals surface area contributed by atoms with E-state index in [9.17, 15) is 14.0 Å². The molecule has 1 aromatic carbocycles. The fourth-order valence-corrected chi connectivity index (χ4v) is 1.14. The molecule has 0 spiro atoms. The van der Waals surface area contributed by atoms with Gasteiger partial charge in [0.1, 0.15) is 0 Å². The largest absolute Gasteiger partial charge is 0.493 e. The van der Waals surface area contributed by atoms with Crippen molar-refractivity contribution in [3.05, 3.63) is 29.1 Å². The first-order chi connectivity index (χ1) is 6.61. The molecule has 0 amide bonds. The van der Waals surface area contributed by atoms with Crippen LogP contribution in [-0.2, 0) is 0 Å². The third-order valence-electron chi connectivity index (χ3n) is 1.84. The number of methoxy groups -OCH3 is 1. The quantitative estimate of drug-likeness (QED) is 0.547.